The summed E-state index contributed by atoms with van der Waals surface area (Å²) in [7, 11) is 0. The van der Waals surface area contributed by atoms with Gasteiger partial charge in [0.25, 0.3) is 0 Å². The molecule has 1 aromatic carbocycles. The predicted molar refractivity (Wildman–Crippen MR) is 91.3 cm³/mol. The van der Waals surface area contributed by atoms with Crippen LogP contribution < -0.4 is 5.32 Å². The average molecular weight is 319 g/mol. The third-order valence-corrected chi connectivity index (χ3v) is 4.51. The van der Waals surface area contributed by atoms with Crippen molar-refractivity contribution in [2.75, 3.05) is 19.8 Å². The number of aryl methyl sites for hydroxylation is 1. The largest absolute Gasteiger partial charge is 0.356 e. The fourth-order valence-corrected chi connectivity index (χ4v) is 2.95. The van der Waals surface area contributed by atoms with Crippen LogP contribution in [0.25, 0.3) is 0 Å². The first-order valence-electron chi connectivity index (χ1n) is 8.51. The van der Waals surface area contributed by atoms with Gasteiger partial charge in [0.1, 0.15) is 0 Å². The standard InChI is InChI=1S/C19H29NO3/c1-14(2)17(16-7-5-15(3)6-8-16)13-18(21)20-10-9-19(4)22-11-12-23-19/h5-8,14,17H,9-13H2,1-4H3,(H,20,21). The van der Waals surface area contributed by atoms with Crippen LogP contribution in [0.4, 0.5) is 0 Å². The van der Waals surface area contributed by atoms with E-state index in [9.17, 15) is 4.79 Å². The van der Waals surface area contributed by atoms with Gasteiger partial charge in [0, 0.05) is 19.4 Å². The van der Waals surface area contributed by atoms with Crippen molar-refractivity contribution < 1.29 is 14.3 Å². The highest BCUT2D eigenvalue weighted by atomic mass is 16.7. The molecule has 1 heterocycles. The van der Waals surface area contributed by atoms with Crippen molar-refractivity contribution in [2.24, 2.45) is 5.92 Å². The molecule has 0 saturated carbocycles. The Labute approximate surface area is 139 Å². The Kier molecular flexibility index (Phi) is 6.19. The molecule has 1 N–H and O–H groups in total. The van der Waals surface area contributed by atoms with Gasteiger partial charge in [-0.1, -0.05) is 43.7 Å². The number of carbonyl (C=O) groups is 1. The number of amides is 1. The van der Waals surface area contributed by atoms with E-state index in [1.54, 1.807) is 0 Å². The Morgan fingerprint density at radius 2 is 1.83 bits per heavy atom. The summed E-state index contributed by atoms with van der Waals surface area (Å²) in [6.07, 6.45) is 1.19. The second-order valence-electron chi connectivity index (χ2n) is 6.90. The van der Waals surface area contributed by atoms with Crippen molar-refractivity contribution in [3.05, 3.63) is 35.4 Å². The summed E-state index contributed by atoms with van der Waals surface area (Å²) in [6, 6.07) is 8.49. The molecule has 1 fully saturated rings. The molecule has 1 amide bonds. The Bertz CT molecular complexity index is 504. The molecular formula is C19H29NO3. The van der Waals surface area contributed by atoms with Crippen LogP contribution in [-0.2, 0) is 14.3 Å². The van der Waals surface area contributed by atoms with E-state index in [-0.39, 0.29) is 11.8 Å². The third kappa shape index (κ3) is 5.33. The van der Waals surface area contributed by atoms with Crippen LogP contribution in [0.5, 0.6) is 0 Å². The molecule has 0 spiro atoms. The molecule has 1 aliphatic heterocycles. The van der Waals surface area contributed by atoms with Crippen molar-refractivity contribution in [2.45, 2.75) is 52.2 Å². The first-order valence-corrected chi connectivity index (χ1v) is 8.51. The average Bonchev–Trinajstić information content (AvgIpc) is 2.92. The third-order valence-electron chi connectivity index (χ3n) is 4.51. The molecule has 4 heteroatoms. The maximum atomic E-state index is 12.3. The molecule has 1 aliphatic rings. The molecule has 128 valence electrons. The number of hydrogen-bond acceptors (Lipinski definition) is 3. The van der Waals surface area contributed by atoms with Crippen molar-refractivity contribution in [3.8, 4) is 0 Å². The van der Waals surface area contributed by atoms with Crippen molar-refractivity contribution >= 4 is 5.91 Å². The maximum absolute atomic E-state index is 12.3. The summed E-state index contributed by atoms with van der Waals surface area (Å²) < 4.78 is 11.1. The molecule has 1 aromatic rings. The molecule has 1 atom stereocenters. The van der Waals surface area contributed by atoms with E-state index < -0.39 is 5.79 Å². The van der Waals surface area contributed by atoms with E-state index in [4.69, 9.17) is 9.47 Å². The molecule has 1 unspecified atom stereocenters. The summed E-state index contributed by atoms with van der Waals surface area (Å²) >= 11 is 0. The lowest BCUT2D eigenvalue weighted by molar-refractivity contribution is -0.146. The zero-order valence-corrected chi connectivity index (χ0v) is 14.7. The van der Waals surface area contributed by atoms with Crippen LogP contribution in [-0.4, -0.2) is 31.5 Å². The van der Waals surface area contributed by atoms with Gasteiger partial charge < -0.3 is 14.8 Å². The zero-order valence-electron chi connectivity index (χ0n) is 14.7. The van der Waals surface area contributed by atoms with Gasteiger partial charge in [-0.3, -0.25) is 4.79 Å². The van der Waals surface area contributed by atoms with E-state index in [0.29, 0.717) is 38.5 Å². The van der Waals surface area contributed by atoms with Gasteiger partial charge in [0.05, 0.1) is 13.2 Å². The number of nitrogens with one attached hydrogen (secondary N) is 1. The van der Waals surface area contributed by atoms with Crippen LogP contribution in [0.2, 0.25) is 0 Å². The summed E-state index contributed by atoms with van der Waals surface area (Å²) in [5, 5.41) is 3.00. The van der Waals surface area contributed by atoms with E-state index in [1.807, 2.05) is 6.92 Å². The molecule has 0 aliphatic carbocycles. The monoisotopic (exact) mass is 319 g/mol. The Morgan fingerprint density at radius 1 is 1.22 bits per heavy atom. The van der Waals surface area contributed by atoms with Gasteiger partial charge in [-0.2, -0.15) is 0 Å². The van der Waals surface area contributed by atoms with Crippen LogP contribution in [0.1, 0.15) is 50.7 Å². The lowest BCUT2D eigenvalue weighted by atomic mass is 9.85. The quantitative estimate of drug-likeness (QED) is 0.838. The van der Waals surface area contributed by atoms with Gasteiger partial charge in [-0.25, -0.2) is 0 Å². The van der Waals surface area contributed by atoms with E-state index >= 15 is 0 Å². The highest BCUT2D eigenvalue weighted by Crippen LogP contribution is 2.28. The summed E-state index contributed by atoms with van der Waals surface area (Å²) in [6.45, 7) is 10.2. The van der Waals surface area contributed by atoms with Crippen LogP contribution in [0.3, 0.4) is 0 Å². The van der Waals surface area contributed by atoms with Crippen LogP contribution in [0.15, 0.2) is 24.3 Å². The number of hydrogen-bond donors (Lipinski definition) is 1. The minimum Gasteiger partial charge on any atom is -0.356 e. The predicted octanol–water partition coefficient (Wildman–Crippen LogP) is 3.39. The summed E-state index contributed by atoms with van der Waals surface area (Å²) in [5.41, 5.74) is 2.47. The fraction of sp³-hybridized carbons (Fsp3) is 0.632. The maximum Gasteiger partial charge on any atom is 0.220 e. The minimum atomic E-state index is -0.540. The number of rotatable bonds is 7. The number of ether oxygens (including phenoxy) is 2. The number of carbonyl (C=O) groups excluding carboxylic acids is 1. The lowest BCUT2D eigenvalue weighted by Crippen LogP contribution is -2.34. The molecule has 4 nitrogen and oxygen atoms in total. The molecule has 2 rings (SSSR count). The Morgan fingerprint density at radius 3 is 2.39 bits per heavy atom. The Balaban J connectivity index is 1.84. The highest BCUT2D eigenvalue weighted by molar-refractivity contribution is 5.76. The van der Waals surface area contributed by atoms with Gasteiger partial charge in [-0.05, 0) is 31.2 Å². The molecule has 0 bridgehead atoms. The molecule has 0 radical (unpaired) electrons. The normalized spacial score (nSPS) is 18.1. The topological polar surface area (TPSA) is 47.6 Å². The second kappa shape index (κ2) is 7.93. The van der Waals surface area contributed by atoms with Crippen LogP contribution in [0, 0.1) is 12.8 Å². The van der Waals surface area contributed by atoms with Crippen molar-refractivity contribution in [1.82, 2.24) is 5.32 Å². The summed E-state index contributed by atoms with van der Waals surface area (Å²) in [4.78, 5) is 12.3. The van der Waals surface area contributed by atoms with Gasteiger partial charge >= 0.3 is 0 Å². The summed E-state index contributed by atoms with van der Waals surface area (Å²) in [5.74, 6) is 0.209. The number of benzene rings is 1. The molecule has 1 saturated heterocycles. The Hall–Kier alpha value is -1.39. The van der Waals surface area contributed by atoms with Gasteiger partial charge in [0.2, 0.25) is 5.91 Å². The van der Waals surface area contributed by atoms with Gasteiger partial charge in [0.15, 0.2) is 5.79 Å². The molecule has 23 heavy (non-hydrogen) atoms. The van der Waals surface area contributed by atoms with E-state index in [1.165, 1.54) is 11.1 Å². The molecule has 0 aromatic heterocycles. The molecular weight excluding hydrogens is 290 g/mol. The van der Waals surface area contributed by atoms with E-state index in [2.05, 4.69) is 50.4 Å². The first kappa shape index (κ1) is 18.0. The van der Waals surface area contributed by atoms with Crippen LogP contribution >= 0.6 is 0 Å². The second-order valence-corrected chi connectivity index (χ2v) is 6.90. The minimum absolute atomic E-state index is 0.0888. The van der Waals surface area contributed by atoms with E-state index in [0.717, 1.165) is 0 Å². The SMILES string of the molecule is Cc1ccc(C(CC(=O)NCCC2(C)OCCO2)C(C)C)cc1. The smallest absolute Gasteiger partial charge is 0.220 e. The fourth-order valence-electron chi connectivity index (χ4n) is 2.95. The van der Waals surface area contributed by atoms with Gasteiger partial charge in [-0.15, -0.1) is 0 Å². The first-order chi connectivity index (χ1) is 10.9. The van der Waals surface area contributed by atoms with Crippen molar-refractivity contribution in [3.63, 3.8) is 0 Å². The zero-order chi connectivity index (χ0) is 16.9. The van der Waals surface area contributed by atoms with Crippen molar-refractivity contribution in [1.29, 1.82) is 0 Å². The lowest BCUT2D eigenvalue weighted by Gasteiger charge is -2.23. The highest BCUT2D eigenvalue weighted by Gasteiger charge is 2.30.